The smallest absolute Gasteiger partial charge is 0.227 e. The molecule has 126 valence electrons. The Morgan fingerprint density at radius 3 is 2.50 bits per heavy atom. The number of carbonyl (C=O) groups excluding carboxylic acids is 1. The Labute approximate surface area is 133 Å². The number of nitrogens with zero attached hydrogens (tertiary/aromatic N) is 1. The summed E-state index contributed by atoms with van der Waals surface area (Å²) in [4.78, 5) is 16.7. The van der Waals surface area contributed by atoms with Crippen LogP contribution in [0, 0.1) is 5.41 Å². The molecule has 0 aromatic carbocycles. The van der Waals surface area contributed by atoms with Gasteiger partial charge in [-0.3, -0.25) is 9.79 Å². The minimum absolute atomic E-state index is 0.0397. The SMILES string of the molecule is CCNC(=O)C(C)(C)CN=C(NCC)NC1CC2CCC1O2. The highest BCUT2D eigenvalue weighted by molar-refractivity contribution is 5.83. The number of fused-ring (bicyclic) bond motifs is 2. The van der Waals surface area contributed by atoms with Crippen LogP contribution in [0.25, 0.3) is 0 Å². The molecule has 2 aliphatic heterocycles. The van der Waals surface area contributed by atoms with Crippen molar-refractivity contribution in [2.75, 3.05) is 19.6 Å². The van der Waals surface area contributed by atoms with Crippen molar-refractivity contribution < 1.29 is 9.53 Å². The van der Waals surface area contributed by atoms with E-state index in [2.05, 4.69) is 20.9 Å². The lowest BCUT2D eigenvalue weighted by atomic mass is 9.92. The van der Waals surface area contributed by atoms with Gasteiger partial charge in [-0.25, -0.2) is 0 Å². The third kappa shape index (κ3) is 4.12. The number of carbonyl (C=O) groups is 1. The predicted molar refractivity (Wildman–Crippen MR) is 87.9 cm³/mol. The van der Waals surface area contributed by atoms with E-state index >= 15 is 0 Å². The van der Waals surface area contributed by atoms with Crippen LogP contribution in [-0.2, 0) is 9.53 Å². The number of guanidine groups is 1. The van der Waals surface area contributed by atoms with E-state index in [0.717, 1.165) is 25.3 Å². The summed E-state index contributed by atoms with van der Waals surface area (Å²) in [5.41, 5.74) is -0.510. The van der Waals surface area contributed by atoms with Gasteiger partial charge in [-0.2, -0.15) is 0 Å². The van der Waals surface area contributed by atoms with Crippen LogP contribution < -0.4 is 16.0 Å². The molecule has 2 bridgehead atoms. The first-order valence-corrected chi connectivity index (χ1v) is 8.45. The van der Waals surface area contributed by atoms with E-state index in [-0.39, 0.29) is 5.91 Å². The van der Waals surface area contributed by atoms with Crippen molar-refractivity contribution in [1.82, 2.24) is 16.0 Å². The van der Waals surface area contributed by atoms with E-state index < -0.39 is 5.41 Å². The molecule has 6 heteroatoms. The fourth-order valence-electron chi connectivity index (χ4n) is 3.03. The molecule has 0 saturated carbocycles. The van der Waals surface area contributed by atoms with Crippen LogP contribution in [0.3, 0.4) is 0 Å². The van der Waals surface area contributed by atoms with Crippen molar-refractivity contribution in [3.05, 3.63) is 0 Å². The van der Waals surface area contributed by atoms with Crippen molar-refractivity contribution in [1.29, 1.82) is 0 Å². The van der Waals surface area contributed by atoms with E-state index in [1.807, 2.05) is 27.7 Å². The van der Waals surface area contributed by atoms with Crippen LogP contribution in [-0.4, -0.2) is 49.8 Å². The van der Waals surface area contributed by atoms with E-state index in [1.165, 1.54) is 6.42 Å². The van der Waals surface area contributed by atoms with Crippen molar-refractivity contribution in [2.24, 2.45) is 10.4 Å². The third-order valence-corrected chi connectivity index (χ3v) is 4.36. The van der Waals surface area contributed by atoms with E-state index in [9.17, 15) is 4.79 Å². The van der Waals surface area contributed by atoms with Gasteiger partial charge in [-0.15, -0.1) is 0 Å². The average Bonchev–Trinajstić information content (AvgIpc) is 3.08. The first kappa shape index (κ1) is 17.1. The maximum absolute atomic E-state index is 12.0. The van der Waals surface area contributed by atoms with Crippen molar-refractivity contribution in [3.63, 3.8) is 0 Å². The van der Waals surface area contributed by atoms with Gasteiger partial charge >= 0.3 is 0 Å². The molecule has 0 spiro atoms. The van der Waals surface area contributed by atoms with Crippen molar-refractivity contribution in [2.45, 2.75) is 65.2 Å². The summed E-state index contributed by atoms with van der Waals surface area (Å²) in [5.74, 6) is 0.818. The number of aliphatic imine (C=N–C) groups is 1. The first-order chi connectivity index (χ1) is 10.5. The number of hydrogen-bond donors (Lipinski definition) is 3. The summed E-state index contributed by atoms with van der Waals surface area (Å²) in [6.45, 7) is 9.72. The molecule has 0 radical (unpaired) electrons. The van der Waals surface area contributed by atoms with E-state index in [0.29, 0.717) is 31.3 Å². The number of hydrogen-bond acceptors (Lipinski definition) is 3. The number of rotatable bonds is 6. The topological polar surface area (TPSA) is 74.8 Å². The molecule has 3 unspecified atom stereocenters. The highest BCUT2D eigenvalue weighted by Crippen LogP contribution is 2.34. The summed E-state index contributed by atoms with van der Waals surface area (Å²) >= 11 is 0. The molecule has 1 amide bonds. The molecule has 2 aliphatic rings. The largest absolute Gasteiger partial charge is 0.373 e. The highest BCUT2D eigenvalue weighted by Gasteiger charge is 2.41. The van der Waals surface area contributed by atoms with E-state index in [1.54, 1.807) is 0 Å². The summed E-state index contributed by atoms with van der Waals surface area (Å²) in [6.07, 6.45) is 4.09. The first-order valence-electron chi connectivity index (χ1n) is 8.45. The molecule has 22 heavy (non-hydrogen) atoms. The second kappa shape index (κ2) is 7.31. The average molecular weight is 310 g/mol. The monoisotopic (exact) mass is 310 g/mol. The predicted octanol–water partition coefficient (Wildman–Crippen LogP) is 1.02. The Morgan fingerprint density at radius 1 is 1.23 bits per heavy atom. The molecule has 2 saturated heterocycles. The lowest BCUT2D eigenvalue weighted by Gasteiger charge is -2.25. The fraction of sp³-hybridized carbons (Fsp3) is 0.875. The molecule has 6 nitrogen and oxygen atoms in total. The quantitative estimate of drug-likeness (QED) is 0.506. The molecule has 2 rings (SSSR count). The minimum Gasteiger partial charge on any atom is -0.373 e. The van der Waals surface area contributed by atoms with Crippen LogP contribution in [0.2, 0.25) is 0 Å². The molecule has 0 aliphatic carbocycles. The zero-order chi connectivity index (χ0) is 16.2. The van der Waals surface area contributed by atoms with Gasteiger partial charge in [0.15, 0.2) is 5.96 Å². The summed E-state index contributed by atoms with van der Waals surface area (Å²) in [6, 6.07) is 0.337. The van der Waals surface area contributed by atoms with Crippen LogP contribution in [0.15, 0.2) is 4.99 Å². The highest BCUT2D eigenvalue weighted by atomic mass is 16.5. The van der Waals surface area contributed by atoms with E-state index in [4.69, 9.17) is 4.74 Å². The molecule has 2 fully saturated rings. The van der Waals surface area contributed by atoms with Crippen molar-refractivity contribution >= 4 is 11.9 Å². The Kier molecular flexibility index (Phi) is 5.67. The Morgan fingerprint density at radius 2 is 1.95 bits per heavy atom. The minimum atomic E-state index is -0.510. The van der Waals surface area contributed by atoms with Gasteiger partial charge in [0, 0.05) is 13.1 Å². The van der Waals surface area contributed by atoms with Gasteiger partial charge < -0.3 is 20.7 Å². The second-order valence-corrected chi connectivity index (χ2v) is 6.80. The van der Waals surface area contributed by atoms with Gasteiger partial charge in [0.25, 0.3) is 0 Å². The Balaban J connectivity index is 1.93. The molecule has 2 heterocycles. The van der Waals surface area contributed by atoms with Crippen LogP contribution >= 0.6 is 0 Å². The van der Waals surface area contributed by atoms with Gasteiger partial charge in [0.1, 0.15) is 0 Å². The van der Waals surface area contributed by atoms with Gasteiger partial charge in [0.2, 0.25) is 5.91 Å². The Hall–Kier alpha value is -1.30. The molecule has 0 aromatic rings. The normalized spacial score (nSPS) is 27.8. The maximum Gasteiger partial charge on any atom is 0.227 e. The third-order valence-electron chi connectivity index (χ3n) is 4.36. The van der Waals surface area contributed by atoms with Gasteiger partial charge in [-0.1, -0.05) is 0 Å². The number of amides is 1. The lowest BCUT2D eigenvalue weighted by Crippen LogP contribution is -2.48. The Bertz CT molecular complexity index is 422. The summed E-state index contributed by atoms with van der Waals surface area (Å²) < 4.78 is 5.87. The maximum atomic E-state index is 12.0. The fourth-order valence-corrected chi connectivity index (χ4v) is 3.03. The standard InChI is InChI=1S/C16H30N4O2/c1-5-17-14(21)16(3,4)10-19-15(18-6-2)20-12-9-11-7-8-13(12)22-11/h11-13H,5-10H2,1-4H3,(H,17,21)(H2,18,19,20). The zero-order valence-electron chi connectivity index (χ0n) is 14.2. The number of ether oxygens (including phenoxy) is 1. The lowest BCUT2D eigenvalue weighted by molar-refractivity contribution is -0.128. The summed E-state index contributed by atoms with van der Waals surface area (Å²) in [5, 5.41) is 9.61. The molecular formula is C16H30N4O2. The van der Waals surface area contributed by atoms with Gasteiger partial charge in [-0.05, 0) is 47.0 Å². The van der Waals surface area contributed by atoms with Crippen LogP contribution in [0.1, 0.15) is 47.0 Å². The molecule has 3 atom stereocenters. The molecule has 0 aromatic heterocycles. The zero-order valence-corrected chi connectivity index (χ0v) is 14.2. The molecule has 3 N–H and O–H groups in total. The van der Waals surface area contributed by atoms with Crippen LogP contribution in [0.5, 0.6) is 0 Å². The summed E-state index contributed by atoms with van der Waals surface area (Å²) in [7, 11) is 0. The van der Waals surface area contributed by atoms with Gasteiger partial charge in [0.05, 0.1) is 30.2 Å². The molecular weight excluding hydrogens is 280 g/mol. The number of nitrogens with one attached hydrogen (secondary N) is 3. The van der Waals surface area contributed by atoms with Crippen LogP contribution in [0.4, 0.5) is 0 Å². The second-order valence-electron chi connectivity index (χ2n) is 6.80. The van der Waals surface area contributed by atoms with Crippen molar-refractivity contribution in [3.8, 4) is 0 Å².